The molecule has 1 N–H and O–H groups in total. The Morgan fingerprint density at radius 1 is 1.27 bits per heavy atom. The molecule has 4 nitrogen and oxygen atoms in total. The Morgan fingerprint density at radius 3 is 2.36 bits per heavy atom. The van der Waals surface area contributed by atoms with Crippen molar-refractivity contribution in [3.63, 3.8) is 0 Å². The van der Waals surface area contributed by atoms with E-state index in [2.05, 4.69) is 9.41 Å². The molecule has 0 radical (unpaired) electrons. The number of hydrogen-bond donors (Lipinski definition) is 1. The van der Waals surface area contributed by atoms with Crippen molar-refractivity contribution < 1.29 is 14.4 Å². The Labute approximate surface area is 144 Å². The number of carbonyl (C=O) groups is 1. The predicted octanol–water partition coefficient (Wildman–Crippen LogP) is 4.08. The van der Waals surface area contributed by atoms with Gasteiger partial charge in [0.25, 0.3) is 0 Å². The first-order valence-corrected chi connectivity index (χ1v) is 11.2. The largest absolute Gasteiger partial charge is 0.388 e. The predicted molar refractivity (Wildman–Crippen MR) is 101 cm³/mol. The molecule has 1 saturated heterocycles. The minimum absolute atomic E-state index is 0.115. The van der Waals surface area contributed by atoms with Crippen LogP contribution in [0.4, 0.5) is 0 Å². The van der Waals surface area contributed by atoms with Gasteiger partial charge in [-0.25, -0.2) is 0 Å². The van der Waals surface area contributed by atoms with Crippen LogP contribution < -0.4 is 0 Å². The Hall–Kier alpha value is 0.160. The van der Waals surface area contributed by atoms with Crippen LogP contribution in [-0.2, 0) is 9.53 Å². The molecule has 1 atom stereocenters. The van der Waals surface area contributed by atoms with Gasteiger partial charge >= 0.3 is 0 Å². The van der Waals surface area contributed by atoms with Crippen LogP contribution in [-0.4, -0.2) is 53.5 Å². The zero-order chi connectivity index (χ0) is 16.8. The van der Waals surface area contributed by atoms with Crippen molar-refractivity contribution in [1.82, 2.24) is 4.67 Å². The first-order valence-electron chi connectivity index (χ1n) is 7.33. The minimum atomic E-state index is -1.04. The molecule has 0 aromatic heterocycles. The molecule has 0 spiro atoms. The molecule has 0 bridgehead atoms. The third-order valence-corrected chi connectivity index (χ3v) is 7.34. The van der Waals surface area contributed by atoms with Crippen LogP contribution in [0.1, 0.15) is 26.7 Å². The van der Waals surface area contributed by atoms with Crippen LogP contribution >= 0.6 is 30.6 Å². The molecule has 0 saturated carbocycles. The Morgan fingerprint density at radius 2 is 1.86 bits per heavy atom. The van der Waals surface area contributed by atoms with E-state index in [1.54, 1.807) is 25.6 Å². The van der Waals surface area contributed by atoms with Gasteiger partial charge in [0.1, 0.15) is 0 Å². The molecule has 128 valence electrons. The Bertz CT molecular complexity index is 359. The maximum absolute atomic E-state index is 11.8. The lowest BCUT2D eigenvalue weighted by atomic mass is 10.2. The zero-order valence-electron chi connectivity index (χ0n) is 13.9. The second-order valence-electron chi connectivity index (χ2n) is 4.53. The van der Waals surface area contributed by atoms with Crippen molar-refractivity contribution in [2.75, 3.05) is 38.8 Å². The number of allylic oxidation sites excluding steroid dienone is 3. The lowest BCUT2D eigenvalue weighted by molar-refractivity contribution is -0.107. The van der Waals surface area contributed by atoms with E-state index in [-0.39, 0.29) is 5.12 Å². The van der Waals surface area contributed by atoms with E-state index in [0.717, 1.165) is 30.2 Å². The summed E-state index contributed by atoms with van der Waals surface area (Å²) < 4.78 is 6.41. The number of methoxy groups -OCH3 is 1. The molecule has 1 heterocycles. The molecular formula is C15H28NO3PS2. The molecule has 0 aliphatic carbocycles. The molecule has 1 aliphatic heterocycles. The Kier molecular flexibility index (Phi) is 14.8. The van der Waals surface area contributed by atoms with Crippen LogP contribution in [0.2, 0.25) is 0 Å². The van der Waals surface area contributed by atoms with Crippen LogP contribution in [0.25, 0.3) is 0 Å². The molecule has 1 aliphatic rings. The van der Waals surface area contributed by atoms with Gasteiger partial charge in [-0.1, -0.05) is 41.4 Å². The maximum Gasteiger partial charge on any atom is 0.219 e. The van der Waals surface area contributed by atoms with Gasteiger partial charge in [-0.15, -0.1) is 0 Å². The number of rotatable bonds is 7. The summed E-state index contributed by atoms with van der Waals surface area (Å²) in [6, 6.07) is 0. The van der Waals surface area contributed by atoms with Crippen molar-refractivity contribution >= 4 is 35.8 Å². The summed E-state index contributed by atoms with van der Waals surface area (Å²) in [5, 5.41) is 0.115. The van der Waals surface area contributed by atoms with E-state index in [0.29, 0.717) is 0 Å². The SMILES string of the molecule is C/C=C\C(=C/C)C(=O)SCCSP(O)N1CCCC1.COC. The van der Waals surface area contributed by atoms with E-state index >= 15 is 0 Å². The average molecular weight is 366 g/mol. The van der Waals surface area contributed by atoms with Gasteiger partial charge < -0.3 is 9.63 Å². The maximum atomic E-state index is 11.8. The van der Waals surface area contributed by atoms with Gasteiger partial charge in [-0.2, -0.15) is 0 Å². The summed E-state index contributed by atoms with van der Waals surface area (Å²) in [4.78, 5) is 21.8. The van der Waals surface area contributed by atoms with Crippen molar-refractivity contribution in [2.45, 2.75) is 26.7 Å². The molecule has 1 fully saturated rings. The summed E-state index contributed by atoms with van der Waals surface area (Å²) >= 11 is 2.92. The summed E-state index contributed by atoms with van der Waals surface area (Å²) in [5.41, 5.74) is 0.753. The lowest BCUT2D eigenvalue weighted by Crippen LogP contribution is -2.10. The fourth-order valence-electron chi connectivity index (χ4n) is 1.75. The molecule has 7 heteroatoms. The normalized spacial score (nSPS) is 17.4. The van der Waals surface area contributed by atoms with E-state index in [1.807, 2.05) is 32.1 Å². The van der Waals surface area contributed by atoms with E-state index in [9.17, 15) is 9.69 Å². The second-order valence-corrected chi connectivity index (χ2v) is 9.09. The molecule has 1 rings (SSSR count). The van der Waals surface area contributed by atoms with E-state index < -0.39 is 7.50 Å². The molecular weight excluding hydrogens is 337 g/mol. The quantitative estimate of drug-likeness (QED) is 0.317. The average Bonchev–Trinajstić information content (AvgIpc) is 3.04. The molecule has 0 aromatic rings. The van der Waals surface area contributed by atoms with Crippen molar-refractivity contribution in [2.24, 2.45) is 0 Å². The van der Waals surface area contributed by atoms with Gasteiger partial charge in [-0.3, -0.25) is 9.46 Å². The monoisotopic (exact) mass is 365 g/mol. The molecule has 1 unspecified atom stereocenters. The lowest BCUT2D eigenvalue weighted by Gasteiger charge is -2.19. The van der Waals surface area contributed by atoms with Gasteiger partial charge in [0.05, 0.1) is 0 Å². The highest BCUT2D eigenvalue weighted by Gasteiger charge is 2.20. The first-order chi connectivity index (χ1) is 10.6. The summed E-state index contributed by atoms with van der Waals surface area (Å²) in [6.45, 7) is 5.83. The standard InChI is InChI=1S/C13H22NO2PS2.C2H6O/c1-3-7-12(4-2)13(15)18-10-11-19-17(16)14-8-5-6-9-14;1-3-2/h3-4,7,16H,5-6,8-11H2,1-2H3;1-2H3/b7-3-,12-4+;. The Balaban J connectivity index is 0.00000135. The van der Waals surface area contributed by atoms with E-state index in [1.165, 1.54) is 24.6 Å². The van der Waals surface area contributed by atoms with Crippen molar-refractivity contribution in [3.05, 3.63) is 23.8 Å². The number of thioether (sulfide) groups is 1. The van der Waals surface area contributed by atoms with Gasteiger partial charge in [0.2, 0.25) is 5.12 Å². The highest BCUT2D eigenvalue weighted by molar-refractivity contribution is 8.53. The van der Waals surface area contributed by atoms with Crippen LogP contribution in [0.3, 0.4) is 0 Å². The number of hydrogen-bond acceptors (Lipinski definition) is 6. The number of nitrogens with zero attached hydrogens (tertiary/aromatic N) is 1. The number of carbonyl (C=O) groups excluding carboxylic acids is 1. The van der Waals surface area contributed by atoms with Crippen LogP contribution in [0, 0.1) is 0 Å². The highest BCUT2D eigenvalue weighted by atomic mass is 32.7. The summed E-state index contributed by atoms with van der Waals surface area (Å²) in [6.07, 6.45) is 7.95. The summed E-state index contributed by atoms with van der Waals surface area (Å²) in [5.74, 6) is 1.58. The second kappa shape index (κ2) is 14.7. The van der Waals surface area contributed by atoms with Gasteiger partial charge in [0.15, 0.2) is 7.50 Å². The van der Waals surface area contributed by atoms with Crippen molar-refractivity contribution in [1.29, 1.82) is 0 Å². The third kappa shape index (κ3) is 10.0. The van der Waals surface area contributed by atoms with Gasteiger partial charge in [0, 0.05) is 44.4 Å². The minimum Gasteiger partial charge on any atom is -0.388 e. The fraction of sp³-hybridized carbons (Fsp3) is 0.667. The summed E-state index contributed by atoms with van der Waals surface area (Å²) in [7, 11) is 2.21. The smallest absolute Gasteiger partial charge is 0.219 e. The van der Waals surface area contributed by atoms with Crippen LogP contribution in [0.5, 0.6) is 0 Å². The van der Waals surface area contributed by atoms with E-state index in [4.69, 9.17) is 0 Å². The van der Waals surface area contributed by atoms with Gasteiger partial charge in [-0.05, 0) is 26.7 Å². The highest BCUT2D eigenvalue weighted by Crippen LogP contribution is 2.50. The molecule has 22 heavy (non-hydrogen) atoms. The number of ether oxygens (including phenoxy) is 1. The zero-order valence-corrected chi connectivity index (χ0v) is 16.5. The fourth-order valence-corrected chi connectivity index (χ4v) is 6.01. The third-order valence-electron chi connectivity index (χ3n) is 2.74. The molecule has 0 amide bonds. The molecule has 0 aromatic carbocycles. The first kappa shape index (κ1) is 22.2. The topological polar surface area (TPSA) is 49.8 Å². The van der Waals surface area contributed by atoms with Crippen LogP contribution in [0.15, 0.2) is 23.8 Å². The van der Waals surface area contributed by atoms with Crippen molar-refractivity contribution in [3.8, 4) is 0 Å².